The lowest BCUT2D eigenvalue weighted by molar-refractivity contribution is -0.140. The molecule has 0 unspecified atom stereocenters. The van der Waals surface area contributed by atoms with E-state index < -0.39 is 17.7 Å². The average Bonchev–Trinajstić information content (AvgIpc) is 3.01. The van der Waals surface area contributed by atoms with Gasteiger partial charge in [-0.25, -0.2) is 0 Å². The molecule has 0 bridgehead atoms. The molecule has 3 rings (SSSR count). The van der Waals surface area contributed by atoms with E-state index in [2.05, 4.69) is 6.58 Å². The van der Waals surface area contributed by atoms with Crippen LogP contribution in [0.1, 0.15) is 17.2 Å². The topological polar surface area (TPSA) is 70.1 Å². The van der Waals surface area contributed by atoms with Crippen molar-refractivity contribution in [3.05, 3.63) is 84.0 Å². The lowest BCUT2D eigenvalue weighted by Gasteiger charge is -2.26. The second-order valence-corrected chi connectivity index (χ2v) is 7.33. The summed E-state index contributed by atoms with van der Waals surface area (Å²) in [5.74, 6) is -0.872. The zero-order valence-electron chi connectivity index (χ0n) is 17.2. The minimum atomic E-state index is -0.697. The van der Waals surface area contributed by atoms with Gasteiger partial charge in [0.05, 0.1) is 11.6 Å². The summed E-state index contributed by atoms with van der Waals surface area (Å²) in [6.07, 6.45) is 1.64. The largest absolute Gasteiger partial charge is 0.507 e. The van der Waals surface area contributed by atoms with Crippen molar-refractivity contribution in [1.29, 1.82) is 0 Å². The smallest absolute Gasteiger partial charge is 0.295 e. The van der Waals surface area contributed by atoms with E-state index in [1.165, 1.54) is 4.90 Å². The molecule has 0 saturated carbocycles. The lowest BCUT2D eigenvalue weighted by atomic mass is 9.95. The predicted octanol–water partition coefficient (Wildman–Crippen LogP) is 3.23. The fourth-order valence-electron chi connectivity index (χ4n) is 3.45. The summed E-state index contributed by atoms with van der Waals surface area (Å²) in [6, 6.07) is 15.3. The van der Waals surface area contributed by atoms with E-state index in [9.17, 15) is 14.7 Å². The van der Waals surface area contributed by atoms with Gasteiger partial charge in [-0.2, -0.15) is 0 Å². The van der Waals surface area contributed by atoms with Crippen LogP contribution in [0.15, 0.2) is 72.8 Å². The van der Waals surface area contributed by atoms with Crippen molar-refractivity contribution in [2.75, 3.05) is 33.8 Å². The number of likely N-dealkylation sites (N-methyl/N-ethyl adjacent to an activating group) is 1. The third kappa shape index (κ3) is 4.44. The number of carbonyl (C=O) groups excluding carboxylic acids is 2. The van der Waals surface area contributed by atoms with Crippen LogP contribution < -0.4 is 4.74 Å². The van der Waals surface area contributed by atoms with E-state index in [1.54, 1.807) is 42.5 Å². The number of carbonyl (C=O) groups is 2. The predicted molar refractivity (Wildman–Crippen MR) is 116 cm³/mol. The first-order valence-electron chi connectivity index (χ1n) is 9.76. The van der Waals surface area contributed by atoms with Crippen molar-refractivity contribution < 1.29 is 19.4 Å². The third-order valence-electron chi connectivity index (χ3n) is 4.92. The zero-order valence-corrected chi connectivity index (χ0v) is 17.2. The van der Waals surface area contributed by atoms with Crippen LogP contribution in [0.25, 0.3) is 5.76 Å². The van der Waals surface area contributed by atoms with Crippen LogP contribution in [0.3, 0.4) is 0 Å². The van der Waals surface area contributed by atoms with Gasteiger partial charge in [-0.1, -0.05) is 55.1 Å². The van der Waals surface area contributed by atoms with Crippen molar-refractivity contribution in [2.45, 2.75) is 6.04 Å². The number of aliphatic hydroxyl groups is 1. The summed E-state index contributed by atoms with van der Waals surface area (Å²) in [5, 5.41) is 11.0. The molecule has 1 fully saturated rings. The molecule has 2 aromatic carbocycles. The molecular weight excluding hydrogens is 380 g/mol. The summed E-state index contributed by atoms with van der Waals surface area (Å²) in [4.78, 5) is 29.3. The molecule has 0 aromatic heterocycles. The number of benzene rings is 2. The van der Waals surface area contributed by atoms with Crippen LogP contribution in [0.4, 0.5) is 0 Å². The van der Waals surface area contributed by atoms with Gasteiger partial charge in [0.2, 0.25) is 0 Å². The number of nitrogens with zero attached hydrogens (tertiary/aromatic N) is 2. The first-order chi connectivity index (χ1) is 14.4. The second-order valence-electron chi connectivity index (χ2n) is 7.33. The van der Waals surface area contributed by atoms with Gasteiger partial charge in [-0.3, -0.25) is 9.59 Å². The first-order valence-corrected chi connectivity index (χ1v) is 9.76. The molecule has 1 atom stereocenters. The monoisotopic (exact) mass is 406 g/mol. The van der Waals surface area contributed by atoms with Crippen molar-refractivity contribution in [2.24, 2.45) is 0 Å². The Morgan fingerprint density at radius 3 is 2.57 bits per heavy atom. The van der Waals surface area contributed by atoms with Gasteiger partial charge < -0.3 is 19.6 Å². The van der Waals surface area contributed by atoms with Crippen LogP contribution in [-0.4, -0.2) is 60.4 Å². The molecule has 1 aliphatic rings. The quantitative estimate of drug-likeness (QED) is 0.315. The third-order valence-corrected chi connectivity index (χ3v) is 4.92. The molecule has 1 amide bonds. The number of amides is 1. The van der Waals surface area contributed by atoms with Crippen molar-refractivity contribution >= 4 is 17.4 Å². The maximum atomic E-state index is 12.9. The van der Waals surface area contributed by atoms with Gasteiger partial charge >= 0.3 is 0 Å². The second kappa shape index (κ2) is 9.41. The summed E-state index contributed by atoms with van der Waals surface area (Å²) in [5.41, 5.74) is 1.28. The van der Waals surface area contributed by atoms with Crippen LogP contribution in [0.5, 0.6) is 5.75 Å². The Balaban J connectivity index is 2.11. The van der Waals surface area contributed by atoms with E-state index in [0.29, 0.717) is 36.6 Å². The summed E-state index contributed by atoms with van der Waals surface area (Å²) < 4.78 is 5.63. The molecule has 156 valence electrons. The number of hydrogen-bond donors (Lipinski definition) is 1. The Hall–Kier alpha value is -3.38. The number of ketones is 1. The normalized spacial score (nSPS) is 18.1. The van der Waals surface area contributed by atoms with E-state index in [4.69, 9.17) is 4.74 Å². The fraction of sp³-hybridized carbons (Fsp3) is 0.250. The Morgan fingerprint density at radius 2 is 1.90 bits per heavy atom. The molecular formula is C24H26N2O4. The summed E-state index contributed by atoms with van der Waals surface area (Å²) in [7, 11) is 3.80. The average molecular weight is 406 g/mol. The zero-order chi connectivity index (χ0) is 21.7. The molecule has 30 heavy (non-hydrogen) atoms. The number of Topliss-reactive ketones (excluding diaryl/α,β-unsaturated/α-hetero) is 1. The highest BCUT2D eigenvalue weighted by molar-refractivity contribution is 6.46. The number of likely N-dealkylation sites (tertiary alicyclic amines) is 1. The van der Waals surface area contributed by atoms with E-state index in [1.807, 2.05) is 37.2 Å². The fourth-order valence-corrected chi connectivity index (χ4v) is 3.45. The number of ether oxygens (including phenoxy) is 1. The minimum Gasteiger partial charge on any atom is -0.507 e. The number of aliphatic hydroxyl groups excluding tert-OH is 1. The molecule has 1 aliphatic heterocycles. The molecule has 2 aromatic rings. The van der Waals surface area contributed by atoms with Crippen LogP contribution in [0, 0.1) is 0 Å². The molecule has 1 N–H and O–H groups in total. The number of hydrogen-bond acceptors (Lipinski definition) is 5. The Kier molecular flexibility index (Phi) is 6.69. The standard InChI is InChI=1S/C24H26N2O4/c1-4-15-30-19-12-8-11-18(16-19)21-20(22(27)17-9-6-5-7-10-17)23(28)24(29)26(21)14-13-25(2)3/h4-12,16,21,27H,1,13-15H2,2-3H3/t21-/m0/s1. The van der Waals surface area contributed by atoms with Gasteiger partial charge in [-0.05, 0) is 31.8 Å². The van der Waals surface area contributed by atoms with Crippen LogP contribution in [0.2, 0.25) is 0 Å². The first kappa shape index (κ1) is 21.3. The Labute approximate surface area is 176 Å². The molecule has 1 saturated heterocycles. The van der Waals surface area contributed by atoms with Crippen molar-refractivity contribution in [1.82, 2.24) is 9.80 Å². The highest BCUT2D eigenvalue weighted by Crippen LogP contribution is 2.40. The van der Waals surface area contributed by atoms with Gasteiger partial charge in [0.15, 0.2) is 0 Å². The van der Waals surface area contributed by atoms with Crippen LogP contribution >= 0.6 is 0 Å². The maximum absolute atomic E-state index is 12.9. The van der Waals surface area contributed by atoms with E-state index in [-0.39, 0.29) is 11.3 Å². The molecule has 0 aliphatic carbocycles. The molecule has 1 heterocycles. The highest BCUT2D eigenvalue weighted by Gasteiger charge is 2.45. The molecule has 0 radical (unpaired) electrons. The van der Waals surface area contributed by atoms with Crippen LogP contribution in [-0.2, 0) is 9.59 Å². The maximum Gasteiger partial charge on any atom is 0.295 e. The highest BCUT2D eigenvalue weighted by atomic mass is 16.5. The van der Waals surface area contributed by atoms with Crippen molar-refractivity contribution in [3.63, 3.8) is 0 Å². The SMILES string of the molecule is C=CCOc1cccc([C@H]2C(=C(O)c3ccccc3)C(=O)C(=O)N2CCN(C)C)c1. The Bertz CT molecular complexity index is 966. The summed E-state index contributed by atoms with van der Waals surface area (Å²) >= 11 is 0. The Morgan fingerprint density at radius 1 is 1.17 bits per heavy atom. The van der Waals surface area contributed by atoms with E-state index >= 15 is 0 Å². The van der Waals surface area contributed by atoms with E-state index in [0.717, 1.165) is 0 Å². The summed E-state index contributed by atoms with van der Waals surface area (Å²) in [6.45, 7) is 4.93. The molecule has 6 nitrogen and oxygen atoms in total. The number of rotatable bonds is 8. The molecule has 6 heteroatoms. The van der Waals surface area contributed by atoms with Gasteiger partial charge in [0, 0.05) is 18.7 Å². The minimum absolute atomic E-state index is 0.0887. The van der Waals surface area contributed by atoms with Crippen molar-refractivity contribution in [3.8, 4) is 5.75 Å². The van der Waals surface area contributed by atoms with Gasteiger partial charge in [0.25, 0.3) is 11.7 Å². The lowest BCUT2D eigenvalue weighted by Crippen LogP contribution is -2.35. The van der Waals surface area contributed by atoms with Gasteiger partial charge in [-0.15, -0.1) is 0 Å². The molecule has 0 spiro atoms. The van der Waals surface area contributed by atoms with Gasteiger partial charge in [0.1, 0.15) is 18.1 Å².